The molecule has 24 aromatic rings. The highest BCUT2D eigenvalue weighted by Crippen LogP contribution is 2.55. The standard InChI is InChI=1S/C64H40O2.C52H32O2/c1-5-19-43(20-6-1)53-39-55-57(46-24-9-3-10-25-46)61(48-35-33-45(34-36-48)52-31-17-29-42-23-15-16-30-51(42)52)65-63(55)59-54(44-21-7-2-8-22-44)40-56-58(47-26-11-4-12-27-47)62(66-64(56)60(53)59)50-37-32-41-18-13-14-28-49(41)38-50;1-3-14-36(15-4-1)47-45-30-28-44-43(51(45)53-49(47)38-25-23-35(24-26-38)42-21-11-19-34-13-9-10-20-41(34)42)29-31-46-48(37-16-5-2-6-17-37)50(54-52(44)46)40-27-22-33-12-7-8-18-39(33)32-40/h1-40H;1-32H. The zero-order valence-corrected chi connectivity index (χ0v) is 65.2. The Labute approximate surface area is 692 Å². The van der Waals surface area contributed by atoms with Crippen LogP contribution in [0.2, 0.25) is 0 Å². The van der Waals surface area contributed by atoms with E-state index in [1.165, 1.54) is 54.4 Å². The van der Waals surface area contributed by atoms with Gasteiger partial charge in [0.1, 0.15) is 45.4 Å². The van der Waals surface area contributed by atoms with Gasteiger partial charge in [-0.05, 0) is 158 Å². The molecule has 4 heterocycles. The van der Waals surface area contributed by atoms with E-state index in [0.29, 0.717) is 0 Å². The maximum absolute atomic E-state index is 7.48. The Balaban J connectivity index is 0.000000143. The fourth-order valence-electron chi connectivity index (χ4n) is 18.5. The molecule has 0 aliphatic rings. The van der Waals surface area contributed by atoms with Crippen molar-refractivity contribution in [2.45, 2.75) is 0 Å². The SMILES string of the molecule is c1ccc(-c2c(-c3ccc(-c4cccc5ccccc45)cc3)oc3c2cc(-c2ccccc2)c2c4oc(-c5ccc6ccccc6c5)c(-c5ccccc5)c4cc(-c4ccccc4)c32)cc1.c1ccc(-c2c(-c3ccc(-c4cccc5ccccc45)cc3)oc3c2ccc2c3ccc3c(-c4ccccc4)c(-c4ccc5ccccc5c4)oc32)cc1. The molecule has 0 unspecified atom stereocenters. The van der Waals surface area contributed by atoms with E-state index in [2.05, 4.69) is 437 Å². The molecule has 0 bridgehead atoms. The highest BCUT2D eigenvalue weighted by Gasteiger charge is 2.31. The monoisotopic (exact) mass is 1530 g/mol. The molecule has 560 valence electrons. The van der Waals surface area contributed by atoms with Crippen LogP contribution in [0.3, 0.4) is 0 Å². The van der Waals surface area contributed by atoms with Gasteiger partial charge in [0.05, 0.1) is 0 Å². The molecule has 120 heavy (non-hydrogen) atoms. The third-order valence-electron chi connectivity index (χ3n) is 24.2. The Hall–Kier alpha value is -15.9. The molecule has 0 N–H and O–H groups in total. The van der Waals surface area contributed by atoms with E-state index in [0.717, 1.165) is 188 Å². The maximum Gasteiger partial charge on any atom is 0.144 e. The Morgan fingerprint density at radius 2 is 0.383 bits per heavy atom. The molecule has 0 aliphatic heterocycles. The summed E-state index contributed by atoms with van der Waals surface area (Å²) in [6.07, 6.45) is 0. The van der Waals surface area contributed by atoms with E-state index in [1.54, 1.807) is 0 Å². The van der Waals surface area contributed by atoms with E-state index < -0.39 is 0 Å². The lowest BCUT2D eigenvalue weighted by atomic mass is 9.87. The first kappa shape index (κ1) is 69.6. The van der Waals surface area contributed by atoms with Gasteiger partial charge in [-0.25, -0.2) is 0 Å². The molecule has 20 aromatic carbocycles. The highest BCUT2D eigenvalue weighted by atomic mass is 16.3. The van der Waals surface area contributed by atoms with Crippen LogP contribution in [0.4, 0.5) is 0 Å². The van der Waals surface area contributed by atoms with Crippen LogP contribution in [0.1, 0.15) is 0 Å². The zero-order valence-electron chi connectivity index (χ0n) is 65.2. The molecule has 0 spiro atoms. The predicted molar refractivity (Wildman–Crippen MR) is 502 cm³/mol. The second-order valence-corrected chi connectivity index (χ2v) is 31.1. The third-order valence-corrected chi connectivity index (χ3v) is 24.2. The normalized spacial score (nSPS) is 11.7. The van der Waals surface area contributed by atoms with E-state index >= 15 is 0 Å². The molecular weight excluding hydrogens is 1460 g/mol. The smallest absolute Gasteiger partial charge is 0.144 e. The van der Waals surface area contributed by atoms with Crippen LogP contribution >= 0.6 is 0 Å². The molecule has 4 heteroatoms. The van der Waals surface area contributed by atoms with Crippen molar-refractivity contribution in [1.29, 1.82) is 0 Å². The van der Waals surface area contributed by atoms with Gasteiger partial charge in [-0.2, -0.15) is 0 Å². The molecule has 4 aromatic heterocycles. The van der Waals surface area contributed by atoms with Crippen LogP contribution in [0.15, 0.2) is 454 Å². The van der Waals surface area contributed by atoms with Gasteiger partial charge in [0.15, 0.2) is 0 Å². The summed E-state index contributed by atoms with van der Waals surface area (Å²) >= 11 is 0. The van der Waals surface area contributed by atoms with Gasteiger partial charge in [-0.15, -0.1) is 0 Å². The molecule has 4 nitrogen and oxygen atoms in total. The summed E-state index contributed by atoms with van der Waals surface area (Å²) in [5, 5.41) is 18.0. The molecule has 0 amide bonds. The first-order valence-electron chi connectivity index (χ1n) is 41.0. The Morgan fingerprint density at radius 3 is 0.750 bits per heavy atom. The molecule has 0 fully saturated rings. The van der Waals surface area contributed by atoms with Crippen molar-refractivity contribution in [1.82, 2.24) is 0 Å². The summed E-state index contributed by atoms with van der Waals surface area (Å²) in [5.41, 5.74) is 25.3. The van der Waals surface area contributed by atoms with Crippen LogP contribution in [-0.4, -0.2) is 0 Å². The summed E-state index contributed by atoms with van der Waals surface area (Å²) in [5.74, 6) is 3.39. The molecule has 0 atom stereocenters. The van der Waals surface area contributed by atoms with E-state index in [1.807, 2.05) is 0 Å². The summed E-state index contributed by atoms with van der Waals surface area (Å²) in [6.45, 7) is 0. The van der Waals surface area contributed by atoms with Crippen molar-refractivity contribution < 1.29 is 17.7 Å². The Morgan fingerprint density at radius 1 is 0.125 bits per heavy atom. The first-order valence-corrected chi connectivity index (χ1v) is 41.0. The molecule has 0 radical (unpaired) electrons. The summed E-state index contributed by atoms with van der Waals surface area (Å²) in [6, 6.07) is 156. The van der Waals surface area contributed by atoms with Gasteiger partial charge in [-0.1, -0.05) is 388 Å². The number of fused-ring (bicyclic) bond motifs is 14. The lowest BCUT2D eigenvalue weighted by Gasteiger charge is -2.14. The van der Waals surface area contributed by atoms with Crippen LogP contribution in [0.5, 0.6) is 0 Å². The van der Waals surface area contributed by atoms with Crippen molar-refractivity contribution in [3.63, 3.8) is 0 Å². The van der Waals surface area contributed by atoms with Gasteiger partial charge < -0.3 is 17.7 Å². The van der Waals surface area contributed by atoms with Crippen LogP contribution < -0.4 is 0 Å². The topological polar surface area (TPSA) is 52.6 Å². The average molecular weight is 1530 g/mol. The van der Waals surface area contributed by atoms with Crippen molar-refractivity contribution in [3.8, 4) is 134 Å². The second-order valence-electron chi connectivity index (χ2n) is 31.1. The van der Waals surface area contributed by atoms with Crippen molar-refractivity contribution in [2.75, 3.05) is 0 Å². The van der Waals surface area contributed by atoms with E-state index in [-0.39, 0.29) is 0 Å². The molecule has 0 saturated carbocycles. The summed E-state index contributed by atoms with van der Waals surface area (Å²) in [7, 11) is 0. The summed E-state index contributed by atoms with van der Waals surface area (Å²) in [4.78, 5) is 0. The maximum atomic E-state index is 7.48. The molecule has 0 saturated heterocycles. The minimum atomic E-state index is 0.822. The number of hydrogen-bond acceptors (Lipinski definition) is 4. The number of rotatable bonds is 12. The Kier molecular flexibility index (Phi) is 16.9. The largest absolute Gasteiger partial charge is 0.455 e. The van der Waals surface area contributed by atoms with Crippen LogP contribution in [-0.2, 0) is 0 Å². The van der Waals surface area contributed by atoms with E-state index in [4.69, 9.17) is 17.7 Å². The van der Waals surface area contributed by atoms with Gasteiger partial charge in [0, 0.05) is 87.6 Å². The second kappa shape index (κ2) is 29.1. The highest BCUT2D eigenvalue weighted by molar-refractivity contribution is 6.30. The fraction of sp³-hybridized carbons (Fsp3) is 0. The molecule has 24 rings (SSSR count). The number of benzene rings is 20. The number of hydrogen-bond donors (Lipinski definition) is 0. The van der Waals surface area contributed by atoms with Gasteiger partial charge in [0.2, 0.25) is 0 Å². The lowest BCUT2D eigenvalue weighted by Crippen LogP contribution is -1.89. The fourth-order valence-corrected chi connectivity index (χ4v) is 18.5. The van der Waals surface area contributed by atoms with Gasteiger partial charge >= 0.3 is 0 Å². The lowest BCUT2D eigenvalue weighted by molar-refractivity contribution is 0.633. The quantitative estimate of drug-likeness (QED) is 0.122. The molecular formula is C116H72O4. The van der Waals surface area contributed by atoms with Crippen LogP contribution in [0.25, 0.3) is 243 Å². The minimum Gasteiger partial charge on any atom is -0.455 e. The third kappa shape index (κ3) is 11.9. The van der Waals surface area contributed by atoms with Crippen molar-refractivity contribution in [3.05, 3.63) is 437 Å². The first-order chi connectivity index (χ1) is 59.5. The minimum absolute atomic E-state index is 0.822. The van der Waals surface area contributed by atoms with Gasteiger partial charge in [-0.3, -0.25) is 0 Å². The van der Waals surface area contributed by atoms with Gasteiger partial charge in [0.25, 0.3) is 0 Å². The average Bonchev–Trinajstić information content (AvgIpc) is 1.53. The van der Waals surface area contributed by atoms with E-state index in [9.17, 15) is 0 Å². The van der Waals surface area contributed by atoms with Crippen LogP contribution in [0, 0.1) is 0 Å². The number of furan rings is 4. The molecule has 0 aliphatic carbocycles. The van der Waals surface area contributed by atoms with Crippen molar-refractivity contribution >= 4 is 109 Å². The summed E-state index contributed by atoms with van der Waals surface area (Å²) < 4.78 is 29.0. The predicted octanol–water partition coefficient (Wildman–Crippen LogP) is 33.3. The Bertz CT molecular complexity index is 8030. The zero-order chi connectivity index (χ0) is 79.1. The van der Waals surface area contributed by atoms with Crippen molar-refractivity contribution in [2.24, 2.45) is 0 Å².